The Hall–Kier alpha value is -0.930. The Morgan fingerprint density at radius 1 is 1.36 bits per heavy atom. The van der Waals surface area contributed by atoms with Crippen LogP contribution in [0.5, 0.6) is 0 Å². The summed E-state index contributed by atoms with van der Waals surface area (Å²) in [7, 11) is 0. The number of benzene rings is 1. The summed E-state index contributed by atoms with van der Waals surface area (Å²) in [4.78, 5) is 0. The molecule has 2 nitrogen and oxygen atoms in total. The van der Waals surface area contributed by atoms with Crippen molar-refractivity contribution in [3.05, 3.63) is 35.6 Å². The molecule has 1 atom stereocenters. The minimum Gasteiger partial charge on any atom is -0.329 e. The van der Waals surface area contributed by atoms with E-state index < -0.39 is 0 Å². The second-order valence-corrected chi connectivity index (χ2v) is 3.63. The van der Waals surface area contributed by atoms with Crippen LogP contribution in [0.2, 0.25) is 0 Å². The lowest BCUT2D eigenvalue weighted by Crippen LogP contribution is -2.33. The number of nitrogens with two attached hydrogens (primary N) is 1. The van der Waals surface area contributed by atoms with Crippen LogP contribution in [0, 0.1) is 5.82 Å². The van der Waals surface area contributed by atoms with Crippen LogP contribution in [0.15, 0.2) is 24.3 Å². The summed E-state index contributed by atoms with van der Waals surface area (Å²) in [6.07, 6.45) is 0. The van der Waals surface area contributed by atoms with Gasteiger partial charge in [0.05, 0.1) is 0 Å². The number of halogens is 1. The van der Waals surface area contributed by atoms with Gasteiger partial charge in [-0.25, -0.2) is 4.39 Å². The molecule has 0 fully saturated rings. The largest absolute Gasteiger partial charge is 0.329 e. The van der Waals surface area contributed by atoms with Crippen molar-refractivity contribution in [2.45, 2.75) is 25.9 Å². The van der Waals surface area contributed by atoms with Crippen LogP contribution < -0.4 is 11.1 Å². The molecule has 3 N–H and O–H groups in total. The highest BCUT2D eigenvalue weighted by Crippen LogP contribution is 2.16. The molecule has 1 aromatic carbocycles. The van der Waals surface area contributed by atoms with Crippen LogP contribution in [0.25, 0.3) is 0 Å². The van der Waals surface area contributed by atoms with E-state index in [0.717, 1.165) is 0 Å². The first kappa shape index (κ1) is 11.1. The molecule has 0 saturated carbocycles. The molecule has 78 valence electrons. The molecule has 0 saturated heterocycles. The first-order valence-electron chi connectivity index (χ1n) is 4.85. The summed E-state index contributed by atoms with van der Waals surface area (Å²) < 4.78 is 13.4. The summed E-state index contributed by atoms with van der Waals surface area (Å²) in [5, 5.41) is 3.22. The van der Waals surface area contributed by atoms with Gasteiger partial charge in [-0.1, -0.05) is 32.0 Å². The van der Waals surface area contributed by atoms with Crippen molar-refractivity contribution in [1.82, 2.24) is 5.32 Å². The standard InChI is InChI=1S/C11H17FN2/c1-8(2)14-11(7-13)9-5-3-4-6-10(9)12/h3-6,8,11,14H,7,13H2,1-2H3. The zero-order chi connectivity index (χ0) is 10.6. The fraction of sp³-hybridized carbons (Fsp3) is 0.455. The molecule has 0 aliphatic heterocycles. The normalized spacial score (nSPS) is 13.2. The number of rotatable bonds is 4. The van der Waals surface area contributed by atoms with Crippen molar-refractivity contribution in [2.75, 3.05) is 6.54 Å². The second kappa shape index (κ2) is 5.08. The minimum absolute atomic E-state index is 0.101. The molecule has 1 aromatic rings. The van der Waals surface area contributed by atoms with Crippen LogP contribution >= 0.6 is 0 Å². The average Bonchev–Trinajstić information content (AvgIpc) is 2.15. The van der Waals surface area contributed by atoms with Crippen molar-refractivity contribution in [3.8, 4) is 0 Å². The monoisotopic (exact) mass is 196 g/mol. The Morgan fingerprint density at radius 2 is 2.00 bits per heavy atom. The molecule has 14 heavy (non-hydrogen) atoms. The summed E-state index contributed by atoms with van der Waals surface area (Å²) in [5.74, 6) is -0.198. The summed E-state index contributed by atoms with van der Waals surface area (Å²) >= 11 is 0. The van der Waals surface area contributed by atoms with Gasteiger partial charge in [-0.05, 0) is 6.07 Å². The number of hydrogen-bond acceptors (Lipinski definition) is 2. The fourth-order valence-electron chi connectivity index (χ4n) is 1.44. The molecule has 0 aliphatic rings. The quantitative estimate of drug-likeness (QED) is 0.771. The van der Waals surface area contributed by atoms with Gasteiger partial charge in [-0.15, -0.1) is 0 Å². The van der Waals surface area contributed by atoms with Crippen LogP contribution in [0.1, 0.15) is 25.5 Å². The van der Waals surface area contributed by atoms with Gasteiger partial charge in [0.25, 0.3) is 0 Å². The molecular weight excluding hydrogens is 179 g/mol. The van der Waals surface area contributed by atoms with Crippen molar-refractivity contribution < 1.29 is 4.39 Å². The van der Waals surface area contributed by atoms with Gasteiger partial charge < -0.3 is 11.1 Å². The highest BCUT2D eigenvalue weighted by Gasteiger charge is 2.13. The van der Waals surface area contributed by atoms with E-state index in [2.05, 4.69) is 5.32 Å². The third-order valence-corrected chi connectivity index (χ3v) is 2.05. The maximum absolute atomic E-state index is 13.4. The van der Waals surface area contributed by atoms with Crippen molar-refractivity contribution in [1.29, 1.82) is 0 Å². The Balaban J connectivity index is 2.83. The van der Waals surface area contributed by atoms with Gasteiger partial charge >= 0.3 is 0 Å². The zero-order valence-electron chi connectivity index (χ0n) is 8.63. The van der Waals surface area contributed by atoms with Gasteiger partial charge in [0.15, 0.2) is 0 Å². The molecule has 1 rings (SSSR count). The zero-order valence-corrected chi connectivity index (χ0v) is 8.63. The van der Waals surface area contributed by atoms with Crippen LogP contribution in [-0.4, -0.2) is 12.6 Å². The molecule has 0 bridgehead atoms. The SMILES string of the molecule is CC(C)NC(CN)c1ccccc1F. The van der Waals surface area contributed by atoms with E-state index in [-0.39, 0.29) is 11.9 Å². The number of nitrogens with one attached hydrogen (secondary N) is 1. The van der Waals surface area contributed by atoms with Gasteiger partial charge in [0.1, 0.15) is 5.82 Å². The summed E-state index contributed by atoms with van der Waals surface area (Å²) in [6.45, 7) is 4.44. The van der Waals surface area contributed by atoms with E-state index >= 15 is 0 Å². The van der Waals surface area contributed by atoms with E-state index in [9.17, 15) is 4.39 Å². The van der Waals surface area contributed by atoms with E-state index in [1.54, 1.807) is 12.1 Å². The van der Waals surface area contributed by atoms with Gasteiger partial charge in [0.2, 0.25) is 0 Å². The average molecular weight is 196 g/mol. The molecule has 0 amide bonds. The smallest absolute Gasteiger partial charge is 0.128 e. The molecule has 0 aromatic heterocycles. The van der Waals surface area contributed by atoms with Crippen molar-refractivity contribution >= 4 is 0 Å². The summed E-state index contributed by atoms with van der Waals surface area (Å²) in [5.41, 5.74) is 6.24. The lowest BCUT2D eigenvalue weighted by atomic mass is 10.1. The summed E-state index contributed by atoms with van der Waals surface area (Å²) in [6, 6.07) is 6.92. The van der Waals surface area contributed by atoms with Gasteiger partial charge in [0, 0.05) is 24.2 Å². The van der Waals surface area contributed by atoms with Gasteiger partial charge in [-0.2, -0.15) is 0 Å². The van der Waals surface area contributed by atoms with Crippen LogP contribution in [0.4, 0.5) is 4.39 Å². The lowest BCUT2D eigenvalue weighted by Gasteiger charge is -2.20. The molecule has 0 aliphatic carbocycles. The molecule has 1 unspecified atom stereocenters. The van der Waals surface area contributed by atoms with E-state index in [4.69, 9.17) is 5.73 Å². The molecule has 0 radical (unpaired) electrons. The van der Waals surface area contributed by atoms with Gasteiger partial charge in [-0.3, -0.25) is 0 Å². The highest BCUT2D eigenvalue weighted by molar-refractivity contribution is 5.21. The van der Waals surface area contributed by atoms with Crippen LogP contribution in [-0.2, 0) is 0 Å². The van der Waals surface area contributed by atoms with E-state index in [1.807, 2.05) is 19.9 Å². The third kappa shape index (κ3) is 2.79. The molecule has 3 heteroatoms. The predicted octanol–water partition coefficient (Wildman–Crippen LogP) is 1.82. The first-order valence-corrected chi connectivity index (χ1v) is 4.85. The van der Waals surface area contributed by atoms with E-state index in [1.165, 1.54) is 6.07 Å². The Bertz CT molecular complexity index is 286. The van der Waals surface area contributed by atoms with Crippen LogP contribution in [0.3, 0.4) is 0 Å². The highest BCUT2D eigenvalue weighted by atomic mass is 19.1. The lowest BCUT2D eigenvalue weighted by molar-refractivity contribution is 0.463. The Morgan fingerprint density at radius 3 is 2.50 bits per heavy atom. The molecule has 0 heterocycles. The Labute approximate surface area is 84.3 Å². The maximum Gasteiger partial charge on any atom is 0.128 e. The minimum atomic E-state index is -0.198. The number of hydrogen-bond donors (Lipinski definition) is 2. The molecule has 0 spiro atoms. The third-order valence-electron chi connectivity index (χ3n) is 2.05. The first-order chi connectivity index (χ1) is 6.65. The predicted molar refractivity (Wildman–Crippen MR) is 56.5 cm³/mol. The maximum atomic E-state index is 13.4. The van der Waals surface area contributed by atoms with E-state index in [0.29, 0.717) is 18.2 Å². The topological polar surface area (TPSA) is 38.0 Å². The molecular formula is C11H17FN2. The van der Waals surface area contributed by atoms with Crippen molar-refractivity contribution in [2.24, 2.45) is 5.73 Å². The van der Waals surface area contributed by atoms with Crippen molar-refractivity contribution in [3.63, 3.8) is 0 Å². The second-order valence-electron chi connectivity index (χ2n) is 3.63. The Kier molecular flexibility index (Phi) is 4.04. The fourth-order valence-corrected chi connectivity index (χ4v) is 1.44.